The molecule has 28 heavy (non-hydrogen) atoms. The van der Waals surface area contributed by atoms with Crippen molar-refractivity contribution in [2.45, 2.75) is 10.6 Å². The molecule has 0 fully saturated rings. The van der Waals surface area contributed by atoms with E-state index in [0.717, 1.165) is 27.7 Å². The van der Waals surface area contributed by atoms with Gasteiger partial charge in [-0.2, -0.15) is 0 Å². The molecule has 0 N–H and O–H groups in total. The normalized spacial score (nSPS) is 10.5. The molecule has 0 bridgehead atoms. The van der Waals surface area contributed by atoms with Gasteiger partial charge in [0, 0.05) is 22.6 Å². The van der Waals surface area contributed by atoms with Crippen LogP contribution in [0.3, 0.4) is 0 Å². The van der Waals surface area contributed by atoms with Crippen molar-refractivity contribution >= 4 is 29.0 Å². The Morgan fingerprint density at radius 1 is 1.04 bits per heavy atom. The molecular formula is C22H23NO3S2. The first-order valence-corrected chi connectivity index (χ1v) is 10.8. The van der Waals surface area contributed by atoms with Crippen LogP contribution in [-0.2, 0) is 5.75 Å². The average molecular weight is 414 g/mol. The van der Waals surface area contributed by atoms with E-state index in [1.807, 2.05) is 54.6 Å². The van der Waals surface area contributed by atoms with E-state index in [0.29, 0.717) is 13.2 Å². The molecular weight excluding hydrogens is 390 g/mol. The minimum absolute atomic E-state index is 0.00705. The fraction of sp³-hybridized carbons (Fsp3) is 0.227. The van der Waals surface area contributed by atoms with Gasteiger partial charge in [-0.05, 0) is 47.8 Å². The maximum Gasteiger partial charge on any atom is 0.254 e. The zero-order valence-corrected chi connectivity index (χ0v) is 17.6. The maximum atomic E-state index is 12.9. The van der Waals surface area contributed by atoms with Gasteiger partial charge in [0.25, 0.3) is 5.91 Å². The van der Waals surface area contributed by atoms with Gasteiger partial charge in [-0.15, -0.1) is 23.1 Å². The van der Waals surface area contributed by atoms with Crippen LogP contribution in [0.15, 0.2) is 70.9 Å². The first-order valence-electron chi connectivity index (χ1n) is 8.94. The Labute approximate surface area is 174 Å². The fourth-order valence-corrected chi connectivity index (χ4v) is 4.41. The quantitative estimate of drug-likeness (QED) is 0.452. The lowest BCUT2D eigenvalue weighted by molar-refractivity contribution is 0.0770. The minimum Gasteiger partial charge on any atom is -0.497 e. The van der Waals surface area contributed by atoms with Crippen LogP contribution >= 0.6 is 23.1 Å². The SMILES string of the molecule is COc1ccc(OCCN(C)C(=O)c2ccccc2SCc2cccs2)cc1. The van der Waals surface area contributed by atoms with Gasteiger partial charge < -0.3 is 14.4 Å². The summed E-state index contributed by atoms with van der Waals surface area (Å²) >= 11 is 3.43. The summed E-state index contributed by atoms with van der Waals surface area (Å²) < 4.78 is 10.9. The molecule has 0 aliphatic carbocycles. The number of ether oxygens (including phenoxy) is 2. The third kappa shape index (κ3) is 5.53. The highest BCUT2D eigenvalue weighted by Gasteiger charge is 2.16. The topological polar surface area (TPSA) is 38.8 Å². The zero-order chi connectivity index (χ0) is 19.8. The smallest absolute Gasteiger partial charge is 0.254 e. The van der Waals surface area contributed by atoms with Gasteiger partial charge in [-0.1, -0.05) is 18.2 Å². The number of thioether (sulfide) groups is 1. The molecule has 0 saturated heterocycles. The first-order chi connectivity index (χ1) is 13.7. The molecule has 0 unspecified atom stereocenters. The highest BCUT2D eigenvalue weighted by atomic mass is 32.2. The number of hydrogen-bond acceptors (Lipinski definition) is 5. The Morgan fingerprint density at radius 2 is 1.79 bits per heavy atom. The van der Waals surface area contributed by atoms with Crippen LogP contribution in [0, 0.1) is 0 Å². The van der Waals surface area contributed by atoms with Gasteiger partial charge in [0.15, 0.2) is 0 Å². The standard InChI is InChI=1S/C22H23NO3S2/c1-23(13-14-26-18-11-9-17(25-2)10-12-18)22(24)20-7-3-4-8-21(20)28-16-19-6-5-15-27-19/h3-12,15H,13-14,16H2,1-2H3. The average Bonchev–Trinajstić information content (AvgIpc) is 3.26. The molecule has 0 aliphatic rings. The summed E-state index contributed by atoms with van der Waals surface area (Å²) in [6, 6.07) is 19.4. The third-order valence-corrected chi connectivity index (χ3v) is 6.35. The summed E-state index contributed by atoms with van der Waals surface area (Å²) in [5.74, 6) is 2.42. The van der Waals surface area contributed by atoms with Crippen molar-refractivity contribution in [2.24, 2.45) is 0 Å². The van der Waals surface area contributed by atoms with Crippen molar-refractivity contribution in [1.29, 1.82) is 0 Å². The van der Waals surface area contributed by atoms with Crippen molar-refractivity contribution in [3.8, 4) is 11.5 Å². The lowest BCUT2D eigenvalue weighted by atomic mass is 10.2. The highest BCUT2D eigenvalue weighted by Crippen LogP contribution is 2.28. The molecule has 3 rings (SSSR count). The molecule has 0 spiro atoms. The van der Waals surface area contributed by atoms with E-state index in [-0.39, 0.29) is 5.91 Å². The molecule has 0 atom stereocenters. The van der Waals surface area contributed by atoms with Crippen molar-refractivity contribution in [3.63, 3.8) is 0 Å². The van der Waals surface area contributed by atoms with Gasteiger partial charge in [0.05, 0.1) is 19.2 Å². The van der Waals surface area contributed by atoms with E-state index < -0.39 is 0 Å². The van der Waals surface area contributed by atoms with Gasteiger partial charge in [-0.25, -0.2) is 0 Å². The van der Waals surface area contributed by atoms with Crippen LogP contribution in [0.4, 0.5) is 0 Å². The fourth-order valence-electron chi connectivity index (χ4n) is 2.59. The summed E-state index contributed by atoms with van der Waals surface area (Å²) in [6.45, 7) is 0.938. The summed E-state index contributed by atoms with van der Waals surface area (Å²) in [4.78, 5) is 16.9. The second-order valence-electron chi connectivity index (χ2n) is 6.11. The number of amides is 1. The molecule has 0 radical (unpaired) electrons. The lowest BCUT2D eigenvalue weighted by Crippen LogP contribution is -2.31. The number of likely N-dealkylation sites (N-methyl/N-ethyl adjacent to an activating group) is 1. The highest BCUT2D eigenvalue weighted by molar-refractivity contribution is 7.98. The largest absolute Gasteiger partial charge is 0.497 e. The van der Waals surface area contributed by atoms with Gasteiger partial charge in [0.2, 0.25) is 0 Å². The molecule has 2 aromatic carbocycles. The molecule has 0 saturated carbocycles. The lowest BCUT2D eigenvalue weighted by Gasteiger charge is -2.19. The summed E-state index contributed by atoms with van der Waals surface area (Å²) in [6.07, 6.45) is 0. The summed E-state index contributed by atoms with van der Waals surface area (Å²) in [5, 5.41) is 2.07. The first kappa shape index (κ1) is 20.3. The Bertz CT molecular complexity index is 879. The van der Waals surface area contributed by atoms with E-state index in [2.05, 4.69) is 11.4 Å². The van der Waals surface area contributed by atoms with E-state index >= 15 is 0 Å². The number of rotatable bonds is 9. The van der Waals surface area contributed by atoms with Gasteiger partial charge >= 0.3 is 0 Å². The number of thiophene rings is 1. The van der Waals surface area contributed by atoms with Crippen LogP contribution in [-0.4, -0.2) is 38.1 Å². The van der Waals surface area contributed by atoms with Crippen LogP contribution in [0.25, 0.3) is 0 Å². The predicted octanol–water partition coefficient (Wildman–Crippen LogP) is 5.20. The van der Waals surface area contributed by atoms with Gasteiger partial charge in [0.1, 0.15) is 18.1 Å². The minimum atomic E-state index is 0.00705. The van der Waals surface area contributed by atoms with Crippen molar-refractivity contribution in [2.75, 3.05) is 27.3 Å². The summed E-state index contributed by atoms with van der Waals surface area (Å²) in [5.41, 5.74) is 0.732. The summed E-state index contributed by atoms with van der Waals surface area (Å²) in [7, 11) is 3.44. The van der Waals surface area contributed by atoms with E-state index in [1.54, 1.807) is 42.2 Å². The Kier molecular flexibility index (Phi) is 7.39. The number of methoxy groups -OCH3 is 1. The van der Waals surface area contributed by atoms with Crippen LogP contribution in [0.2, 0.25) is 0 Å². The molecule has 1 heterocycles. The second-order valence-corrected chi connectivity index (χ2v) is 8.16. The molecule has 3 aromatic rings. The van der Waals surface area contributed by atoms with Crippen molar-refractivity contribution in [3.05, 3.63) is 76.5 Å². The van der Waals surface area contributed by atoms with Gasteiger partial charge in [-0.3, -0.25) is 4.79 Å². The number of carbonyl (C=O) groups excluding carboxylic acids is 1. The van der Waals surface area contributed by atoms with E-state index in [9.17, 15) is 4.79 Å². The zero-order valence-electron chi connectivity index (χ0n) is 16.0. The number of benzene rings is 2. The van der Waals surface area contributed by atoms with Crippen molar-refractivity contribution in [1.82, 2.24) is 4.90 Å². The molecule has 1 amide bonds. The predicted molar refractivity (Wildman–Crippen MR) is 116 cm³/mol. The van der Waals surface area contributed by atoms with Crippen LogP contribution < -0.4 is 9.47 Å². The monoisotopic (exact) mass is 413 g/mol. The second kappa shape index (κ2) is 10.2. The molecule has 6 heteroatoms. The number of hydrogen-bond donors (Lipinski definition) is 0. The number of carbonyl (C=O) groups is 1. The number of nitrogens with zero attached hydrogens (tertiary/aromatic N) is 1. The van der Waals surface area contributed by atoms with E-state index in [4.69, 9.17) is 9.47 Å². The third-order valence-electron chi connectivity index (χ3n) is 4.17. The van der Waals surface area contributed by atoms with Crippen LogP contribution in [0.5, 0.6) is 11.5 Å². The van der Waals surface area contributed by atoms with Crippen LogP contribution in [0.1, 0.15) is 15.2 Å². The maximum absolute atomic E-state index is 12.9. The Balaban J connectivity index is 1.55. The molecule has 146 valence electrons. The van der Waals surface area contributed by atoms with E-state index in [1.165, 1.54) is 4.88 Å². The Morgan fingerprint density at radius 3 is 2.50 bits per heavy atom. The molecule has 0 aliphatic heterocycles. The molecule has 1 aromatic heterocycles. The Hall–Kier alpha value is -2.44. The van der Waals surface area contributed by atoms with Crippen molar-refractivity contribution < 1.29 is 14.3 Å². The molecule has 4 nitrogen and oxygen atoms in total.